The molecule has 3 aromatic carbocycles. The molecule has 6 nitrogen and oxygen atoms in total. The Hall–Kier alpha value is -2.87. The third-order valence-corrected chi connectivity index (χ3v) is 5.68. The SMILES string of the molecule is O=C(NN=Cc1ccc(Cl)cc1)c1ccccc1NS(=O)(=O)c1ccc(Cl)cc1. The second kappa shape index (κ2) is 9.09. The number of hydrazone groups is 1. The zero-order valence-electron chi connectivity index (χ0n) is 14.8. The van der Waals surface area contributed by atoms with E-state index in [1.54, 1.807) is 36.4 Å². The second-order valence-corrected chi connectivity index (χ2v) is 8.41. The fraction of sp³-hybridized carbons (Fsp3) is 0. The molecule has 0 bridgehead atoms. The minimum absolute atomic E-state index is 0.0258. The molecule has 1 amide bonds. The van der Waals surface area contributed by atoms with Crippen LogP contribution in [-0.2, 0) is 10.0 Å². The number of anilines is 1. The fourth-order valence-electron chi connectivity index (χ4n) is 2.36. The van der Waals surface area contributed by atoms with Crippen LogP contribution in [0.1, 0.15) is 15.9 Å². The van der Waals surface area contributed by atoms with Gasteiger partial charge in [-0.2, -0.15) is 5.10 Å². The van der Waals surface area contributed by atoms with Crippen molar-refractivity contribution in [2.24, 2.45) is 5.10 Å². The molecule has 0 fully saturated rings. The molecule has 3 rings (SSSR count). The molecule has 9 heteroatoms. The summed E-state index contributed by atoms with van der Waals surface area (Å²) in [5, 5.41) is 4.90. The summed E-state index contributed by atoms with van der Waals surface area (Å²) in [5.41, 5.74) is 3.37. The number of para-hydroxylation sites is 1. The van der Waals surface area contributed by atoms with Crippen molar-refractivity contribution in [1.29, 1.82) is 0 Å². The Labute approximate surface area is 178 Å². The summed E-state index contributed by atoms with van der Waals surface area (Å²) in [6.07, 6.45) is 1.45. The lowest BCUT2D eigenvalue weighted by Gasteiger charge is -2.11. The molecule has 0 spiro atoms. The van der Waals surface area contributed by atoms with Gasteiger partial charge in [0.05, 0.1) is 22.4 Å². The highest BCUT2D eigenvalue weighted by Gasteiger charge is 2.18. The Bertz CT molecular complexity index is 1150. The van der Waals surface area contributed by atoms with E-state index in [2.05, 4.69) is 15.2 Å². The number of sulfonamides is 1. The molecule has 0 unspecified atom stereocenters. The van der Waals surface area contributed by atoms with Gasteiger partial charge < -0.3 is 0 Å². The van der Waals surface area contributed by atoms with E-state index in [0.29, 0.717) is 10.0 Å². The first-order valence-corrected chi connectivity index (χ1v) is 10.6. The summed E-state index contributed by atoms with van der Waals surface area (Å²) in [6.45, 7) is 0. The van der Waals surface area contributed by atoms with E-state index in [0.717, 1.165) is 5.56 Å². The number of amides is 1. The summed E-state index contributed by atoms with van der Waals surface area (Å²) >= 11 is 11.6. The monoisotopic (exact) mass is 447 g/mol. The van der Waals surface area contributed by atoms with Gasteiger partial charge in [0, 0.05) is 10.0 Å². The third-order valence-electron chi connectivity index (χ3n) is 3.79. The van der Waals surface area contributed by atoms with Gasteiger partial charge in [-0.05, 0) is 54.1 Å². The maximum atomic E-state index is 12.6. The highest BCUT2D eigenvalue weighted by Crippen LogP contribution is 2.21. The van der Waals surface area contributed by atoms with Crippen LogP contribution in [0.2, 0.25) is 10.0 Å². The molecule has 0 aromatic heterocycles. The van der Waals surface area contributed by atoms with E-state index in [1.165, 1.54) is 42.6 Å². The molecule has 29 heavy (non-hydrogen) atoms. The normalized spacial score (nSPS) is 11.4. The summed E-state index contributed by atoms with van der Waals surface area (Å²) in [4.78, 5) is 12.5. The summed E-state index contributed by atoms with van der Waals surface area (Å²) < 4.78 is 27.6. The maximum absolute atomic E-state index is 12.6. The highest BCUT2D eigenvalue weighted by atomic mass is 35.5. The van der Waals surface area contributed by atoms with Crippen molar-refractivity contribution < 1.29 is 13.2 Å². The molecule has 2 N–H and O–H groups in total. The minimum atomic E-state index is -3.89. The molecule has 0 aliphatic rings. The van der Waals surface area contributed by atoms with Crippen LogP contribution in [0.3, 0.4) is 0 Å². The van der Waals surface area contributed by atoms with Gasteiger partial charge in [-0.1, -0.05) is 47.5 Å². The fourth-order valence-corrected chi connectivity index (χ4v) is 3.69. The van der Waals surface area contributed by atoms with Crippen LogP contribution >= 0.6 is 23.2 Å². The maximum Gasteiger partial charge on any atom is 0.273 e. The van der Waals surface area contributed by atoms with E-state index < -0.39 is 15.9 Å². The quantitative estimate of drug-likeness (QED) is 0.428. The molecule has 0 aliphatic carbocycles. The average molecular weight is 448 g/mol. The lowest BCUT2D eigenvalue weighted by Crippen LogP contribution is -2.21. The lowest BCUT2D eigenvalue weighted by atomic mass is 10.2. The molecule has 0 saturated heterocycles. The van der Waals surface area contributed by atoms with E-state index >= 15 is 0 Å². The number of rotatable bonds is 6. The number of hydrogen-bond donors (Lipinski definition) is 2. The van der Waals surface area contributed by atoms with E-state index in [4.69, 9.17) is 23.2 Å². The smallest absolute Gasteiger partial charge is 0.273 e. The molecule has 3 aromatic rings. The molecular formula is C20H15Cl2N3O3S. The van der Waals surface area contributed by atoms with Crippen molar-refractivity contribution in [3.63, 3.8) is 0 Å². The average Bonchev–Trinajstić information content (AvgIpc) is 2.70. The van der Waals surface area contributed by atoms with E-state index in [1.807, 2.05) is 0 Å². The van der Waals surface area contributed by atoms with Crippen LogP contribution in [0.25, 0.3) is 0 Å². The largest absolute Gasteiger partial charge is 0.279 e. The lowest BCUT2D eigenvalue weighted by molar-refractivity contribution is 0.0956. The van der Waals surface area contributed by atoms with Crippen molar-refractivity contribution in [3.8, 4) is 0 Å². The van der Waals surface area contributed by atoms with Crippen molar-refractivity contribution in [3.05, 3.63) is 94.0 Å². The number of carbonyl (C=O) groups excluding carboxylic acids is 1. The highest BCUT2D eigenvalue weighted by molar-refractivity contribution is 7.92. The summed E-state index contributed by atoms with van der Waals surface area (Å²) in [6, 6.07) is 18.8. The number of nitrogens with zero attached hydrogens (tertiary/aromatic N) is 1. The first-order chi connectivity index (χ1) is 13.8. The van der Waals surface area contributed by atoms with Crippen LogP contribution in [0.5, 0.6) is 0 Å². The molecular weight excluding hydrogens is 433 g/mol. The Morgan fingerprint density at radius 1 is 0.862 bits per heavy atom. The summed E-state index contributed by atoms with van der Waals surface area (Å²) in [5.74, 6) is -0.565. The van der Waals surface area contributed by atoms with Crippen molar-refractivity contribution in [1.82, 2.24) is 5.43 Å². The topological polar surface area (TPSA) is 87.6 Å². The predicted molar refractivity (Wildman–Crippen MR) is 115 cm³/mol. The molecule has 0 atom stereocenters. The number of hydrogen-bond acceptors (Lipinski definition) is 4. The number of nitrogens with one attached hydrogen (secondary N) is 2. The van der Waals surface area contributed by atoms with Crippen LogP contribution in [-0.4, -0.2) is 20.5 Å². The van der Waals surface area contributed by atoms with Gasteiger partial charge in [0.1, 0.15) is 0 Å². The van der Waals surface area contributed by atoms with Crippen LogP contribution in [0.15, 0.2) is 82.8 Å². The van der Waals surface area contributed by atoms with E-state index in [9.17, 15) is 13.2 Å². The Morgan fingerprint density at radius 2 is 1.45 bits per heavy atom. The third kappa shape index (κ3) is 5.57. The van der Waals surface area contributed by atoms with Crippen molar-refractivity contribution in [2.45, 2.75) is 4.90 Å². The second-order valence-electron chi connectivity index (χ2n) is 5.86. The molecule has 0 aliphatic heterocycles. The zero-order valence-corrected chi connectivity index (χ0v) is 17.2. The zero-order chi connectivity index (χ0) is 20.9. The van der Waals surface area contributed by atoms with Crippen molar-refractivity contribution >= 4 is 51.0 Å². The number of halogens is 2. The predicted octanol–water partition coefficient (Wildman–Crippen LogP) is 4.56. The van der Waals surface area contributed by atoms with Gasteiger partial charge in [-0.15, -0.1) is 0 Å². The Balaban J connectivity index is 1.76. The van der Waals surface area contributed by atoms with Crippen LogP contribution < -0.4 is 10.1 Å². The number of benzene rings is 3. The van der Waals surface area contributed by atoms with Gasteiger partial charge >= 0.3 is 0 Å². The van der Waals surface area contributed by atoms with E-state index in [-0.39, 0.29) is 16.1 Å². The van der Waals surface area contributed by atoms with Gasteiger partial charge in [0.2, 0.25) is 0 Å². The first kappa shape index (κ1) is 20.9. The van der Waals surface area contributed by atoms with Gasteiger partial charge in [-0.3, -0.25) is 9.52 Å². The molecule has 148 valence electrons. The summed E-state index contributed by atoms with van der Waals surface area (Å²) in [7, 11) is -3.89. The van der Waals surface area contributed by atoms with Crippen molar-refractivity contribution in [2.75, 3.05) is 4.72 Å². The minimum Gasteiger partial charge on any atom is -0.279 e. The first-order valence-electron chi connectivity index (χ1n) is 8.31. The van der Waals surface area contributed by atoms with Crippen LogP contribution in [0, 0.1) is 0 Å². The molecule has 0 saturated carbocycles. The Morgan fingerprint density at radius 3 is 2.10 bits per heavy atom. The molecule has 0 heterocycles. The Kier molecular flexibility index (Phi) is 6.53. The standard InChI is InChI=1S/C20H15Cl2N3O3S/c21-15-7-5-14(6-8-15)13-23-24-20(26)18-3-1-2-4-19(18)25-29(27,28)17-11-9-16(22)10-12-17/h1-13,25H,(H,24,26). The van der Waals surface area contributed by atoms with Gasteiger partial charge in [0.25, 0.3) is 15.9 Å². The van der Waals surface area contributed by atoms with Gasteiger partial charge in [0.15, 0.2) is 0 Å². The number of carbonyl (C=O) groups is 1. The van der Waals surface area contributed by atoms with Gasteiger partial charge in [-0.25, -0.2) is 13.8 Å². The van der Waals surface area contributed by atoms with Crippen LogP contribution in [0.4, 0.5) is 5.69 Å². The molecule has 0 radical (unpaired) electrons.